The molecule has 18 heavy (non-hydrogen) atoms. The summed E-state index contributed by atoms with van der Waals surface area (Å²) in [4.78, 5) is 13.5. The van der Waals surface area contributed by atoms with Gasteiger partial charge in [0.15, 0.2) is 0 Å². The first-order valence-corrected chi connectivity index (χ1v) is 7.59. The zero-order chi connectivity index (χ0) is 13.4. The Bertz CT molecular complexity index is 255. The maximum Gasteiger partial charge on any atom is 0.323 e. The summed E-state index contributed by atoms with van der Waals surface area (Å²) in [7, 11) is 0. The lowest BCUT2D eigenvalue weighted by Crippen LogP contribution is -2.48. The van der Waals surface area contributed by atoms with Crippen LogP contribution in [0.3, 0.4) is 0 Å². The van der Waals surface area contributed by atoms with Crippen molar-refractivity contribution in [2.24, 2.45) is 0 Å². The molecule has 1 fully saturated rings. The fourth-order valence-electron chi connectivity index (χ4n) is 2.88. The number of hydrogen-bond donors (Lipinski definition) is 1. The molecule has 0 aromatic heterocycles. The number of carboxylic acid groups (broad SMARTS) is 1. The van der Waals surface area contributed by atoms with Crippen LogP contribution in [-0.2, 0) is 4.79 Å². The maximum atomic E-state index is 11.3. The first-order chi connectivity index (χ1) is 8.61. The molecule has 1 N–H and O–H groups in total. The van der Waals surface area contributed by atoms with Gasteiger partial charge in [0.25, 0.3) is 0 Å². The third-order valence-electron chi connectivity index (χ3n) is 4.28. The van der Waals surface area contributed by atoms with Crippen LogP contribution in [-0.4, -0.2) is 34.6 Å². The Kier molecular flexibility index (Phi) is 6.69. The zero-order valence-corrected chi connectivity index (χ0v) is 12.1. The second kappa shape index (κ2) is 7.78. The fraction of sp³-hybridized carbons (Fsp3) is 0.933. The van der Waals surface area contributed by atoms with Crippen molar-refractivity contribution in [3.05, 3.63) is 0 Å². The number of carbonyl (C=O) groups is 1. The van der Waals surface area contributed by atoms with Gasteiger partial charge >= 0.3 is 5.97 Å². The van der Waals surface area contributed by atoms with Crippen molar-refractivity contribution in [1.29, 1.82) is 0 Å². The second-order valence-corrected chi connectivity index (χ2v) is 5.79. The van der Waals surface area contributed by atoms with Crippen LogP contribution in [0.2, 0.25) is 0 Å². The van der Waals surface area contributed by atoms with Crippen molar-refractivity contribution < 1.29 is 9.90 Å². The molecule has 3 nitrogen and oxygen atoms in total. The molecule has 0 radical (unpaired) electrons. The number of unbranched alkanes of at least 4 members (excludes halogenated alkanes) is 6. The predicted octanol–water partition coefficient (Wildman–Crippen LogP) is 3.68. The first-order valence-electron chi connectivity index (χ1n) is 7.59. The lowest BCUT2D eigenvalue weighted by Gasteiger charge is -2.31. The van der Waals surface area contributed by atoms with Gasteiger partial charge in [-0.25, -0.2) is 0 Å². The molecular formula is C15H29NO2. The fourth-order valence-corrected chi connectivity index (χ4v) is 2.88. The van der Waals surface area contributed by atoms with E-state index in [0.29, 0.717) is 0 Å². The number of likely N-dealkylation sites (tertiary alicyclic amines) is 1. The van der Waals surface area contributed by atoms with Crippen LogP contribution in [0.5, 0.6) is 0 Å². The summed E-state index contributed by atoms with van der Waals surface area (Å²) in [6.45, 7) is 6.03. The summed E-state index contributed by atoms with van der Waals surface area (Å²) in [6, 6.07) is 0. The zero-order valence-electron chi connectivity index (χ0n) is 12.1. The highest BCUT2D eigenvalue weighted by Gasteiger charge is 2.42. The van der Waals surface area contributed by atoms with E-state index >= 15 is 0 Å². The highest BCUT2D eigenvalue weighted by molar-refractivity contribution is 5.78. The molecule has 106 valence electrons. The summed E-state index contributed by atoms with van der Waals surface area (Å²) in [5.41, 5.74) is -0.595. The van der Waals surface area contributed by atoms with E-state index in [0.717, 1.165) is 32.4 Å². The maximum absolute atomic E-state index is 11.3. The molecule has 0 aromatic carbocycles. The molecule has 1 unspecified atom stereocenters. The molecule has 1 heterocycles. The van der Waals surface area contributed by atoms with Crippen molar-refractivity contribution in [1.82, 2.24) is 4.90 Å². The van der Waals surface area contributed by atoms with E-state index in [1.54, 1.807) is 0 Å². The number of aliphatic carboxylic acids is 1. The van der Waals surface area contributed by atoms with Crippen molar-refractivity contribution in [2.75, 3.05) is 13.1 Å². The summed E-state index contributed by atoms with van der Waals surface area (Å²) >= 11 is 0. The van der Waals surface area contributed by atoms with Gasteiger partial charge in [0.05, 0.1) is 0 Å². The highest BCUT2D eigenvalue weighted by Crippen LogP contribution is 2.29. The van der Waals surface area contributed by atoms with E-state index in [9.17, 15) is 9.90 Å². The number of rotatable bonds is 9. The molecule has 3 heteroatoms. The van der Waals surface area contributed by atoms with E-state index in [1.165, 1.54) is 38.5 Å². The molecule has 1 rings (SSSR count). The minimum Gasteiger partial charge on any atom is -0.480 e. The Hall–Kier alpha value is -0.570. The normalized spacial score (nSPS) is 24.6. The third kappa shape index (κ3) is 4.27. The molecule has 1 saturated heterocycles. The van der Waals surface area contributed by atoms with Crippen molar-refractivity contribution in [3.8, 4) is 0 Å². The van der Waals surface area contributed by atoms with Gasteiger partial charge in [0.2, 0.25) is 0 Å². The van der Waals surface area contributed by atoms with Gasteiger partial charge < -0.3 is 5.11 Å². The van der Waals surface area contributed by atoms with E-state index in [-0.39, 0.29) is 0 Å². The molecule has 0 bridgehead atoms. The quantitative estimate of drug-likeness (QED) is 0.639. The van der Waals surface area contributed by atoms with Crippen LogP contribution in [0.15, 0.2) is 0 Å². The molecule has 1 atom stereocenters. The molecule has 0 aromatic rings. The summed E-state index contributed by atoms with van der Waals surface area (Å²) in [5.74, 6) is -0.650. The van der Waals surface area contributed by atoms with Gasteiger partial charge in [-0.15, -0.1) is 0 Å². The molecule has 0 amide bonds. The van der Waals surface area contributed by atoms with Crippen molar-refractivity contribution >= 4 is 5.97 Å². The van der Waals surface area contributed by atoms with Crippen molar-refractivity contribution in [2.45, 2.75) is 77.2 Å². The molecule has 0 aliphatic carbocycles. The Balaban J connectivity index is 2.13. The topological polar surface area (TPSA) is 40.5 Å². The van der Waals surface area contributed by atoms with E-state index in [1.807, 2.05) is 6.92 Å². The van der Waals surface area contributed by atoms with Gasteiger partial charge in [0.1, 0.15) is 5.54 Å². The largest absolute Gasteiger partial charge is 0.480 e. The standard InChI is InChI=1S/C15H29NO2/c1-3-4-5-6-7-8-9-12-16-13-10-11-15(16,2)14(17)18/h3-13H2,1-2H3,(H,17,18). The van der Waals surface area contributed by atoms with Crippen LogP contribution in [0, 0.1) is 0 Å². The van der Waals surface area contributed by atoms with Gasteiger partial charge in [-0.05, 0) is 39.3 Å². The van der Waals surface area contributed by atoms with Gasteiger partial charge in [0, 0.05) is 0 Å². The Morgan fingerprint density at radius 3 is 2.39 bits per heavy atom. The molecule has 0 saturated carbocycles. The van der Waals surface area contributed by atoms with E-state index in [4.69, 9.17) is 0 Å². The monoisotopic (exact) mass is 255 g/mol. The summed E-state index contributed by atoms with van der Waals surface area (Å²) < 4.78 is 0. The number of nitrogens with zero attached hydrogens (tertiary/aromatic N) is 1. The average molecular weight is 255 g/mol. The highest BCUT2D eigenvalue weighted by atomic mass is 16.4. The summed E-state index contributed by atoms with van der Waals surface area (Å²) in [5, 5.41) is 9.30. The number of carboxylic acids is 1. The Labute approximate surface area is 112 Å². The molecule has 1 aliphatic heterocycles. The van der Waals surface area contributed by atoms with Gasteiger partial charge in [-0.1, -0.05) is 45.4 Å². The van der Waals surface area contributed by atoms with Gasteiger partial charge in [-0.2, -0.15) is 0 Å². The molecular weight excluding hydrogens is 226 g/mol. The van der Waals surface area contributed by atoms with Gasteiger partial charge in [-0.3, -0.25) is 9.69 Å². The van der Waals surface area contributed by atoms with Crippen LogP contribution >= 0.6 is 0 Å². The molecule has 0 spiro atoms. The number of hydrogen-bond acceptors (Lipinski definition) is 2. The lowest BCUT2D eigenvalue weighted by molar-refractivity contribution is -0.148. The van der Waals surface area contributed by atoms with E-state index in [2.05, 4.69) is 11.8 Å². The van der Waals surface area contributed by atoms with Crippen molar-refractivity contribution in [3.63, 3.8) is 0 Å². The minimum absolute atomic E-state index is 0.595. The Morgan fingerprint density at radius 2 is 1.78 bits per heavy atom. The first kappa shape index (κ1) is 15.5. The minimum atomic E-state index is -0.650. The van der Waals surface area contributed by atoms with Crippen LogP contribution in [0.25, 0.3) is 0 Å². The molecule has 1 aliphatic rings. The predicted molar refractivity (Wildman–Crippen MR) is 74.8 cm³/mol. The summed E-state index contributed by atoms with van der Waals surface area (Å²) in [6.07, 6.45) is 10.9. The lowest BCUT2D eigenvalue weighted by atomic mass is 9.99. The van der Waals surface area contributed by atoms with Crippen LogP contribution < -0.4 is 0 Å². The van der Waals surface area contributed by atoms with Crippen LogP contribution in [0.1, 0.15) is 71.6 Å². The average Bonchev–Trinajstić information content (AvgIpc) is 2.71. The van der Waals surface area contributed by atoms with Crippen LogP contribution in [0.4, 0.5) is 0 Å². The third-order valence-corrected chi connectivity index (χ3v) is 4.28. The smallest absolute Gasteiger partial charge is 0.323 e. The van der Waals surface area contributed by atoms with E-state index < -0.39 is 11.5 Å². The SMILES string of the molecule is CCCCCCCCCN1CCCC1(C)C(=O)O. The Morgan fingerprint density at radius 1 is 1.17 bits per heavy atom. The second-order valence-electron chi connectivity index (χ2n) is 5.79.